The average Bonchev–Trinajstić information content (AvgIpc) is 3.28. The summed E-state index contributed by atoms with van der Waals surface area (Å²) >= 11 is 0. The van der Waals surface area contributed by atoms with Crippen molar-refractivity contribution in [3.63, 3.8) is 0 Å². The zero-order valence-electron chi connectivity index (χ0n) is 11.0. The molecule has 2 fully saturated rings. The van der Waals surface area contributed by atoms with Gasteiger partial charge >= 0.3 is 0 Å². The van der Waals surface area contributed by atoms with Gasteiger partial charge in [-0.3, -0.25) is 4.79 Å². The smallest absolute Gasteiger partial charge is 0.267 e. The van der Waals surface area contributed by atoms with Crippen LogP contribution in [-0.2, 0) is 9.05 Å². The number of carbonyl (C=O) groups is 1. The minimum Gasteiger partial charge on any atom is -0.351 e. The van der Waals surface area contributed by atoms with E-state index in [-0.39, 0.29) is 16.8 Å². The van der Waals surface area contributed by atoms with Gasteiger partial charge in [0.1, 0.15) is 10.6 Å². The Hall–Kier alpha value is -1.01. The molecular formula is C13H17ClN2O3S. The number of nitrogens with zero attached hydrogens (tertiary/aromatic N) is 1. The van der Waals surface area contributed by atoms with Gasteiger partial charge in [-0.1, -0.05) is 12.8 Å². The second kappa shape index (κ2) is 5.07. The molecule has 1 amide bonds. The van der Waals surface area contributed by atoms with E-state index in [4.69, 9.17) is 10.7 Å². The minimum absolute atomic E-state index is 0.00147. The van der Waals surface area contributed by atoms with Crippen LogP contribution in [0, 0.1) is 5.92 Å². The van der Waals surface area contributed by atoms with Crippen LogP contribution in [0.4, 0.5) is 0 Å². The first-order chi connectivity index (χ1) is 9.45. The molecule has 0 spiro atoms. The maximum absolute atomic E-state index is 12.2. The summed E-state index contributed by atoms with van der Waals surface area (Å²) in [4.78, 5) is 12.2. The lowest BCUT2D eigenvalue weighted by atomic mass is 10.3. The van der Waals surface area contributed by atoms with Crippen LogP contribution in [-0.4, -0.2) is 25.4 Å². The van der Waals surface area contributed by atoms with E-state index in [0.29, 0.717) is 12.2 Å². The lowest BCUT2D eigenvalue weighted by Gasteiger charge is -2.08. The third-order valence-corrected chi connectivity index (χ3v) is 5.13. The number of carbonyl (C=O) groups excluding carboxylic acids is 1. The van der Waals surface area contributed by atoms with Crippen LogP contribution in [0.1, 0.15) is 48.6 Å². The number of nitrogens with one attached hydrogen (secondary N) is 1. The van der Waals surface area contributed by atoms with Gasteiger partial charge in [0, 0.05) is 29.5 Å². The Morgan fingerprint density at radius 1 is 1.35 bits per heavy atom. The number of hydrogen-bond acceptors (Lipinski definition) is 3. The fourth-order valence-electron chi connectivity index (χ4n) is 2.31. The summed E-state index contributed by atoms with van der Waals surface area (Å²) in [5.74, 6) is 0.536. The topological polar surface area (TPSA) is 68.2 Å². The maximum Gasteiger partial charge on any atom is 0.267 e. The van der Waals surface area contributed by atoms with Crippen molar-refractivity contribution in [1.82, 2.24) is 9.88 Å². The molecule has 0 atom stereocenters. The van der Waals surface area contributed by atoms with Crippen LogP contribution in [0.25, 0.3) is 0 Å². The van der Waals surface area contributed by atoms with Crippen molar-refractivity contribution < 1.29 is 13.2 Å². The summed E-state index contributed by atoms with van der Waals surface area (Å²) in [5, 5.41) is 2.86. The third-order valence-electron chi connectivity index (χ3n) is 3.81. The number of aromatic nitrogens is 1. The first-order valence-corrected chi connectivity index (χ1v) is 9.21. The van der Waals surface area contributed by atoms with E-state index in [2.05, 4.69) is 5.32 Å². The van der Waals surface area contributed by atoms with Crippen molar-refractivity contribution in [2.75, 3.05) is 6.54 Å². The first-order valence-electron chi connectivity index (χ1n) is 6.90. The van der Waals surface area contributed by atoms with Gasteiger partial charge in [0.25, 0.3) is 15.0 Å². The molecule has 1 N–H and O–H groups in total. The molecule has 0 bridgehead atoms. The zero-order chi connectivity index (χ0) is 14.3. The normalized spacial score (nSPS) is 19.1. The summed E-state index contributed by atoms with van der Waals surface area (Å²) in [5.41, 5.74) is 0.391. The first kappa shape index (κ1) is 13.9. The summed E-state index contributed by atoms with van der Waals surface area (Å²) in [7, 11) is 1.56. The lowest BCUT2D eigenvalue weighted by Crippen LogP contribution is -2.26. The molecular weight excluding hydrogens is 300 g/mol. The second-order valence-corrected chi connectivity index (χ2v) is 8.19. The Labute approximate surface area is 122 Å². The largest absolute Gasteiger partial charge is 0.351 e. The number of hydrogen-bond donors (Lipinski definition) is 1. The molecule has 1 heterocycles. The van der Waals surface area contributed by atoms with Crippen LogP contribution in [0.5, 0.6) is 0 Å². The van der Waals surface area contributed by atoms with Gasteiger partial charge in [0.2, 0.25) is 0 Å². The molecule has 110 valence electrons. The Kier molecular flexibility index (Phi) is 3.54. The van der Waals surface area contributed by atoms with Crippen LogP contribution in [0.2, 0.25) is 0 Å². The van der Waals surface area contributed by atoms with Crippen LogP contribution >= 0.6 is 10.7 Å². The van der Waals surface area contributed by atoms with Gasteiger partial charge in [-0.15, -0.1) is 0 Å². The van der Waals surface area contributed by atoms with Gasteiger partial charge in [-0.2, -0.15) is 0 Å². The summed E-state index contributed by atoms with van der Waals surface area (Å²) in [6, 6.07) is 1.60. The van der Waals surface area contributed by atoms with E-state index < -0.39 is 9.05 Å². The van der Waals surface area contributed by atoms with E-state index in [1.54, 1.807) is 4.57 Å². The number of halogens is 1. The molecule has 1 aromatic rings. The second-order valence-electron chi connectivity index (χ2n) is 5.63. The predicted molar refractivity (Wildman–Crippen MR) is 75.4 cm³/mol. The Balaban J connectivity index is 1.75. The summed E-state index contributed by atoms with van der Waals surface area (Å²) in [6.07, 6.45) is 6.91. The fraction of sp³-hybridized carbons (Fsp3) is 0.615. The van der Waals surface area contributed by atoms with Gasteiger partial charge < -0.3 is 9.88 Å². The van der Waals surface area contributed by atoms with Crippen LogP contribution in [0.15, 0.2) is 17.2 Å². The van der Waals surface area contributed by atoms with E-state index in [1.807, 2.05) is 0 Å². The molecule has 2 aliphatic rings. The van der Waals surface area contributed by atoms with Crippen molar-refractivity contribution >= 4 is 25.6 Å². The van der Waals surface area contributed by atoms with E-state index in [9.17, 15) is 13.2 Å². The molecule has 3 rings (SSSR count). The molecule has 5 nitrogen and oxygen atoms in total. The minimum atomic E-state index is -3.80. The predicted octanol–water partition coefficient (Wildman–Crippen LogP) is 2.28. The van der Waals surface area contributed by atoms with E-state index >= 15 is 0 Å². The van der Waals surface area contributed by atoms with E-state index in [0.717, 1.165) is 25.2 Å². The molecule has 1 aromatic heterocycles. The monoisotopic (exact) mass is 316 g/mol. The number of rotatable bonds is 6. The highest BCUT2D eigenvalue weighted by atomic mass is 35.7. The average molecular weight is 317 g/mol. The molecule has 0 aliphatic heterocycles. The quantitative estimate of drug-likeness (QED) is 0.819. The van der Waals surface area contributed by atoms with Crippen molar-refractivity contribution in [3.8, 4) is 0 Å². The Bertz CT molecular complexity index is 630. The molecule has 0 radical (unpaired) electrons. The van der Waals surface area contributed by atoms with Crippen molar-refractivity contribution in [3.05, 3.63) is 18.0 Å². The zero-order valence-corrected chi connectivity index (χ0v) is 12.6. The van der Waals surface area contributed by atoms with Gasteiger partial charge in [0.05, 0.1) is 0 Å². The van der Waals surface area contributed by atoms with Gasteiger partial charge in [-0.05, 0) is 31.2 Å². The summed E-state index contributed by atoms with van der Waals surface area (Å²) < 4.78 is 24.5. The third kappa shape index (κ3) is 3.17. The molecule has 20 heavy (non-hydrogen) atoms. The van der Waals surface area contributed by atoms with Crippen molar-refractivity contribution in [1.29, 1.82) is 0 Å². The van der Waals surface area contributed by atoms with Gasteiger partial charge in [-0.25, -0.2) is 8.42 Å². The SMILES string of the molecule is O=C(NCCC1CC1)c1cc(S(=O)(=O)Cl)cn1C1CC1. The molecule has 0 aromatic carbocycles. The summed E-state index contributed by atoms with van der Waals surface area (Å²) in [6.45, 7) is 0.641. The Morgan fingerprint density at radius 2 is 2.05 bits per heavy atom. The fourth-order valence-corrected chi connectivity index (χ4v) is 3.06. The molecule has 2 saturated carbocycles. The Morgan fingerprint density at radius 3 is 2.60 bits per heavy atom. The molecule has 2 aliphatic carbocycles. The molecule has 0 saturated heterocycles. The molecule has 7 heteroatoms. The maximum atomic E-state index is 12.2. The lowest BCUT2D eigenvalue weighted by molar-refractivity contribution is 0.0943. The number of amides is 1. The van der Waals surface area contributed by atoms with E-state index in [1.165, 1.54) is 25.1 Å². The van der Waals surface area contributed by atoms with Crippen molar-refractivity contribution in [2.24, 2.45) is 5.92 Å². The standard InChI is InChI=1S/C13H17ClN2O3S/c14-20(18,19)11-7-12(16(8-11)10-3-4-10)13(17)15-6-5-9-1-2-9/h7-10H,1-6H2,(H,15,17). The van der Waals surface area contributed by atoms with Crippen LogP contribution in [0.3, 0.4) is 0 Å². The van der Waals surface area contributed by atoms with Gasteiger partial charge in [0.15, 0.2) is 0 Å². The van der Waals surface area contributed by atoms with Crippen molar-refractivity contribution in [2.45, 2.75) is 43.0 Å². The van der Waals surface area contributed by atoms with Crippen LogP contribution < -0.4 is 5.32 Å². The molecule has 0 unspecified atom stereocenters. The highest BCUT2D eigenvalue weighted by Gasteiger charge is 2.30. The highest BCUT2D eigenvalue weighted by molar-refractivity contribution is 8.13. The highest BCUT2D eigenvalue weighted by Crippen LogP contribution is 2.37.